The van der Waals surface area contributed by atoms with Gasteiger partial charge in [0.05, 0.1) is 5.69 Å². The van der Waals surface area contributed by atoms with Crippen molar-refractivity contribution in [2.75, 3.05) is 4.90 Å². The Morgan fingerprint density at radius 2 is 1.85 bits per heavy atom. The minimum Gasteiger partial charge on any atom is -0.308 e. The minimum absolute atomic E-state index is 0.0873. The van der Waals surface area contributed by atoms with Crippen LogP contribution in [0.2, 0.25) is 0 Å². The Morgan fingerprint density at radius 1 is 1.09 bits per heavy atom. The lowest BCUT2D eigenvalue weighted by atomic mass is 9.98. The Kier molecular flexibility index (Phi) is 5.10. The molecule has 1 amide bonds. The van der Waals surface area contributed by atoms with Gasteiger partial charge in [0.15, 0.2) is 0 Å². The molecule has 2 N–H and O–H groups in total. The van der Waals surface area contributed by atoms with Gasteiger partial charge in [-0.15, -0.1) is 0 Å². The third kappa shape index (κ3) is 3.63. The number of halogens is 1. The van der Waals surface area contributed by atoms with Crippen molar-refractivity contribution in [3.8, 4) is 11.3 Å². The first-order chi connectivity index (χ1) is 15.6. The molecule has 1 aromatic heterocycles. The van der Waals surface area contributed by atoms with Gasteiger partial charge >= 0.3 is 0 Å². The first kappa shape index (κ1) is 21.7. The van der Waals surface area contributed by atoms with E-state index in [1.165, 1.54) is 12.1 Å². The van der Waals surface area contributed by atoms with Gasteiger partial charge < -0.3 is 4.90 Å². The van der Waals surface area contributed by atoms with E-state index in [9.17, 15) is 17.6 Å². The molecule has 33 heavy (non-hydrogen) atoms. The number of fused-ring (bicyclic) bond motifs is 2. The van der Waals surface area contributed by atoms with Gasteiger partial charge in [0.25, 0.3) is 0 Å². The number of nitrogens with two attached hydrogens (primary N) is 1. The highest BCUT2D eigenvalue weighted by Crippen LogP contribution is 2.44. The fourth-order valence-electron chi connectivity index (χ4n) is 5.05. The van der Waals surface area contributed by atoms with Crippen molar-refractivity contribution in [3.05, 3.63) is 77.2 Å². The first-order valence-electron chi connectivity index (χ1n) is 10.9. The summed E-state index contributed by atoms with van der Waals surface area (Å²) in [5.74, 6) is -1.38. The first-order valence-corrected chi connectivity index (χ1v) is 12.4. The molecule has 2 aliphatic rings. The van der Waals surface area contributed by atoms with Gasteiger partial charge in [0.2, 0.25) is 15.9 Å². The van der Waals surface area contributed by atoms with Crippen LogP contribution in [0.1, 0.15) is 36.5 Å². The maximum absolute atomic E-state index is 14.5. The Labute approximate surface area is 192 Å². The van der Waals surface area contributed by atoms with Crippen LogP contribution in [-0.2, 0) is 27.7 Å². The van der Waals surface area contributed by atoms with Gasteiger partial charge in [-0.25, -0.2) is 17.9 Å². The van der Waals surface area contributed by atoms with E-state index in [-0.39, 0.29) is 23.8 Å². The molecule has 0 bridgehead atoms. The Hall–Kier alpha value is -3.10. The average Bonchev–Trinajstić information content (AvgIpc) is 3.31. The fourth-order valence-corrected chi connectivity index (χ4v) is 5.66. The number of amides is 1. The predicted octanol–water partition coefficient (Wildman–Crippen LogP) is 3.79. The third-order valence-corrected chi connectivity index (χ3v) is 7.88. The number of nitrogens with zero attached hydrogens (tertiary/aromatic N) is 2. The number of primary sulfonamides is 1. The molecule has 6 nitrogen and oxygen atoms in total. The van der Waals surface area contributed by atoms with Gasteiger partial charge in [-0.1, -0.05) is 25.1 Å². The standard InChI is InChI=1S/C25H24FN3O3S/c1-14-15(2)29(23-13-24(33(27,31)32)21(26)12-20(14)23)25(30)19-9-16-6-7-17(10-18(16)11-19)22-5-3-4-8-28-22/h3-8,10,12-15,19H,9,11H2,1-2H3,(H2,27,31,32)/t14-,15-,19?/m0/s1. The zero-order chi connectivity index (χ0) is 23.5. The quantitative estimate of drug-likeness (QED) is 0.637. The predicted molar refractivity (Wildman–Crippen MR) is 124 cm³/mol. The van der Waals surface area contributed by atoms with Crippen LogP contribution >= 0.6 is 0 Å². The van der Waals surface area contributed by atoms with E-state index in [2.05, 4.69) is 11.1 Å². The van der Waals surface area contributed by atoms with E-state index >= 15 is 0 Å². The van der Waals surface area contributed by atoms with Crippen molar-refractivity contribution in [1.29, 1.82) is 0 Å². The van der Waals surface area contributed by atoms with Crippen molar-refractivity contribution in [3.63, 3.8) is 0 Å². The van der Waals surface area contributed by atoms with Crippen molar-refractivity contribution in [1.82, 2.24) is 4.98 Å². The number of benzene rings is 2. The lowest BCUT2D eigenvalue weighted by Gasteiger charge is -2.27. The number of pyridine rings is 1. The molecule has 0 saturated heterocycles. The summed E-state index contributed by atoms with van der Waals surface area (Å²) in [7, 11) is -4.25. The number of hydrogen-bond donors (Lipinski definition) is 1. The molecule has 3 aromatic rings. The van der Waals surface area contributed by atoms with Crippen LogP contribution in [0.25, 0.3) is 11.3 Å². The maximum atomic E-state index is 14.5. The molecule has 2 heterocycles. The molecule has 0 saturated carbocycles. The molecule has 8 heteroatoms. The number of carbonyl (C=O) groups excluding carboxylic acids is 1. The molecule has 170 valence electrons. The number of carbonyl (C=O) groups is 1. The number of sulfonamides is 1. The van der Waals surface area contributed by atoms with E-state index in [0.29, 0.717) is 24.1 Å². The number of rotatable bonds is 3. The second-order valence-corrected chi connectivity index (χ2v) is 10.5. The summed E-state index contributed by atoms with van der Waals surface area (Å²) in [6, 6.07) is 14.1. The second kappa shape index (κ2) is 7.74. The van der Waals surface area contributed by atoms with Crippen LogP contribution in [0.5, 0.6) is 0 Å². The van der Waals surface area contributed by atoms with Gasteiger partial charge in [0.1, 0.15) is 10.7 Å². The van der Waals surface area contributed by atoms with Crippen LogP contribution < -0.4 is 10.0 Å². The maximum Gasteiger partial charge on any atom is 0.241 e. The number of aromatic nitrogens is 1. The molecule has 3 atom stereocenters. The molecule has 1 aliphatic heterocycles. The Morgan fingerprint density at radius 3 is 2.55 bits per heavy atom. The molecule has 1 aliphatic carbocycles. The number of anilines is 1. The normalized spacial score (nSPS) is 21.7. The van der Waals surface area contributed by atoms with Gasteiger partial charge in [-0.05, 0) is 66.8 Å². The zero-order valence-electron chi connectivity index (χ0n) is 18.3. The van der Waals surface area contributed by atoms with Crippen LogP contribution in [0.4, 0.5) is 10.1 Å². The molecule has 5 rings (SSSR count). The lowest BCUT2D eigenvalue weighted by molar-refractivity contribution is -0.122. The smallest absolute Gasteiger partial charge is 0.241 e. The summed E-state index contributed by atoms with van der Waals surface area (Å²) in [5, 5.41) is 5.21. The molecule has 0 radical (unpaired) electrons. The molecule has 1 unspecified atom stereocenters. The van der Waals surface area contributed by atoms with Crippen LogP contribution in [0.15, 0.2) is 59.6 Å². The van der Waals surface area contributed by atoms with Gasteiger partial charge in [-0.3, -0.25) is 9.78 Å². The van der Waals surface area contributed by atoms with Crippen LogP contribution in [0.3, 0.4) is 0 Å². The molecular weight excluding hydrogens is 441 g/mol. The van der Waals surface area contributed by atoms with E-state index in [1.54, 1.807) is 11.1 Å². The Bertz CT molecular complexity index is 1380. The van der Waals surface area contributed by atoms with E-state index < -0.39 is 20.7 Å². The SMILES string of the molecule is C[C@@H]1c2cc(F)c(S(N)(=O)=O)cc2N(C(=O)C2Cc3ccc(-c4ccccn4)cc3C2)[C@H]1C. The molecule has 0 fully saturated rings. The molecule has 0 spiro atoms. The lowest BCUT2D eigenvalue weighted by Crippen LogP contribution is -2.41. The number of hydrogen-bond acceptors (Lipinski definition) is 4. The van der Waals surface area contributed by atoms with Crippen molar-refractivity contribution in [2.45, 2.75) is 43.5 Å². The van der Waals surface area contributed by atoms with Crippen molar-refractivity contribution < 1.29 is 17.6 Å². The largest absolute Gasteiger partial charge is 0.308 e. The molecule has 2 aromatic carbocycles. The summed E-state index contributed by atoms with van der Waals surface area (Å²) in [4.78, 5) is 19.1. The third-order valence-electron chi connectivity index (χ3n) is 6.95. The average molecular weight is 466 g/mol. The van der Waals surface area contributed by atoms with E-state index in [4.69, 9.17) is 5.14 Å². The summed E-state index contributed by atoms with van der Waals surface area (Å²) in [6.07, 6.45) is 2.94. The summed E-state index contributed by atoms with van der Waals surface area (Å²) in [5.41, 5.74) is 5.16. The Balaban J connectivity index is 1.47. The van der Waals surface area contributed by atoms with Crippen LogP contribution in [-0.4, -0.2) is 25.4 Å². The monoisotopic (exact) mass is 465 g/mol. The summed E-state index contributed by atoms with van der Waals surface area (Å²) < 4.78 is 38.2. The zero-order valence-corrected chi connectivity index (χ0v) is 19.1. The van der Waals surface area contributed by atoms with Crippen molar-refractivity contribution >= 4 is 21.6 Å². The highest BCUT2D eigenvalue weighted by molar-refractivity contribution is 7.89. The fraction of sp³-hybridized carbons (Fsp3) is 0.280. The molecular formula is C25H24FN3O3S. The second-order valence-electron chi connectivity index (χ2n) is 8.93. The van der Waals surface area contributed by atoms with E-state index in [0.717, 1.165) is 22.4 Å². The summed E-state index contributed by atoms with van der Waals surface area (Å²) in [6.45, 7) is 3.81. The van der Waals surface area contributed by atoms with Gasteiger partial charge in [-0.2, -0.15) is 0 Å². The minimum atomic E-state index is -4.25. The highest BCUT2D eigenvalue weighted by atomic mass is 32.2. The van der Waals surface area contributed by atoms with Crippen molar-refractivity contribution in [2.24, 2.45) is 11.1 Å². The topological polar surface area (TPSA) is 93.4 Å². The van der Waals surface area contributed by atoms with E-state index in [1.807, 2.05) is 44.2 Å². The van der Waals surface area contributed by atoms with Crippen LogP contribution in [0, 0.1) is 11.7 Å². The summed E-state index contributed by atoms with van der Waals surface area (Å²) >= 11 is 0. The van der Waals surface area contributed by atoms with Gasteiger partial charge in [0, 0.05) is 35.3 Å². The highest BCUT2D eigenvalue weighted by Gasteiger charge is 2.41.